The first-order chi connectivity index (χ1) is 12.0. The van der Waals surface area contributed by atoms with Crippen molar-refractivity contribution in [1.29, 1.82) is 0 Å². The van der Waals surface area contributed by atoms with Gasteiger partial charge < -0.3 is 10.0 Å². The average Bonchev–Trinajstić information content (AvgIpc) is 2.62. The summed E-state index contributed by atoms with van der Waals surface area (Å²) >= 11 is 0. The van der Waals surface area contributed by atoms with E-state index in [0.717, 1.165) is 43.7 Å². The van der Waals surface area contributed by atoms with Gasteiger partial charge in [-0.15, -0.1) is 12.4 Å². The largest absolute Gasteiger partial charge is 0.478 e. The van der Waals surface area contributed by atoms with Crippen LogP contribution in [0.4, 0.5) is 5.69 Å². The van der Waals surface area contributed by atoms with Crippen LogP contribution in [0.2, 0.25) is 0 Å². The van der Waals surface area contributed by atoms with Crippen molar-refractivity contribution in [2.45, 2.75) is 25.3 Å². The minimum atomic E-state index is -0.827. The molecule has 26 heavy (non-hydrogen) atoms. The summed E-state index contributed by atoms with van der Waals surface area (Å²) < 4.78 is 0. The summed E-state index contributed by atoms with van der Waals surface area (Å²) in [4.78, 5) is 16.1. The van der Waals surface area contributed by atoms with E-state index >= 15 is 0 Å². The fourth-order valence-corrected chi connectivity index (χ4v) is 3.60. The highest BCUT2D eigenvalue weighted by Gasteiger charge is 2.25. The van der Waals surface area contributed by atoms with Crippen LogP contribution in [-0.4, -0.2) is 43.2 Å². The lowest BCUT2D eigenvalue weighted by molar-refractivity contribution is 0.0694. The quantitative estimate of drug-likeness (QED) is 0.849. The number of likely N-dealkylation sites (tertiary alicyclic amines) is 1. The molecule has 2 aromatic rings. The Hall–Kier alpha value is -2.04. The monoisotopic (exact) mass is 374 g/mol. The highest BCUT2D eigenvalue weighted by molar-refractivity contribution is 5.90. The Labute approximate surface area is 161 Å². The number of carbonyl (C=O) groups is 1. The topological polar surface area (TPSA) is 43.8 Å². The Balaban J connectivity index is 0.00000243. The highest BCUT2D eigenvalue weighted by Crippen LogP contribution is 2.33. The minimum Gasteiger partial charge on any atom is -0.478 e. The molecule has 2 aromatic carbocycles. The molecule has 1 heterocycles. The zero-order chi connectivity index (χ0) is 17.8. The lowest BCUT2D eigenvalue weighted by atomic mass is 9.86. The molecule has 0 atom stereocenters. The molecule has 0 radical (unpaired) electrons. The maximum Gasteiger partial charge on any atom is 0.335 e. The second-order valence-electron chi connectivity index (χ2n) is 7.01. The summed E-state index contributed by atoms with van der Waals surface area (Å²) in [6.45, 7) is 2.98. The molecule has 0 unspecified atom stereocenters. The van der Waals surface area contributed by atoms with Crippen LogP contribution in [0.1, 0.15) is 40.2 Å². The molecule has 140 valence electrons. The molecule has 0 aliphatic carbocycles. The van der Waals surface area contributed by atoms with E-state index in [1.165, 1.54) is 5.56 Å². The molecule has 4 nitrogen and oxygen atoms in total. The molecular formula is C21H27ClN2O2. The predicted octanol–water partition coefficient (Wildman–Crippen LogP) is 4.25. The van der Waals surface area contributed by atoms with E-state index in [4.69, 9.17) is 0 Å². The minimum absolute atomic E-state index is 0. The number of rotatable bonds is 5. The molecule has 1 aliphatic heterocycles. The lowest BCUT2D eigenvalue weighted by Crippen LogP contribution is -2.33. The number of hydrogen-bond acceptors (Lipinski definition) is 3. The first-order valence-electron chi connectivity index (χ1n) is 8.85. The Morgan fingerprint density at radius 2 is 1.77 bits per heavy atom. The average molecular weight is 375 g/mol. The summed E-state index contributed by atoms with van der Waals surface area (Å²) in [5.74, 6) is -0.509. The molecule has 1 fully saturated rings. The Morgan fingerprint density at radius 1 is 1.12 bits per heavy atom. The van der Waals surface area contributed by atoms with Gasteiger partial charge in [-0.3, -0.25) is 4.90 Å². The van der Waals surface area contributed by atoms with Crippen molar-refractivity contribution in [2.24, 2.45) is 0 Å². The molecule has 0 bridgehead atoms. The Kier molecular flexibility index (Phi) is 7.06. The summed E-state index contributed by atoms with van der Waals surface area (Å²) in [6, 6.07) is 16.2. The third-order valence-corrected chi connectivity index (χ3v) is 5.06. The van der Waals surface area contributed by atoms with Crippen LogP contribution in [-0.2, 0) is 6.54 Å². The molecule has 0 aromatic heterocycles. The van der Waals surface area contributed by atoms with E-state index in [9.17, 15) is 9.90 Å². The highest BCUT2D eigenvalue weighted by atomic mass is 35.5. The molecule has 0 amide bonds. The van der Waals surface area contributed by atoms with Crippen LogP contribution in [0.15, 0.2) is 48.5 Å². The zero-order valence-corrected chi connectivity index (χ0v) is 16.2. The van der Waals surface area contributed by atoms with Crippen molar-refractivity contribution in [3.63, 3.8) is 0 Å². The number of halogens is 1. The van der Waals surface area contributed by atoms with Crippen molar-refractivity contribution in [2.75, 3.05) is 32.1 Å². The van der Waals surface area contributed by atoms with Gasteiger partial charge >= 0.3 is 5.97 Å². The van der Waals surface area contributed by atoms with Gasteiger partial charge in [0.25, 0.3) is 0 Å². The van der Waals surface area contributed by atoms with Crippen molar-refractivity contribution >= 4 is 24.1 Å². The number of hydrogen-bond donors (Lipinski definition) is 1. The van der Waals surface area contributed by atoms with E-state index in [-0.39, 0.29) is 12.4 Å². The predicted molar refractivity (Wildman–Crippen MR) is 109 cm³/mol. The number of benzene rings is 2. The Bertz CT molecular complexity index is 726. The van der Waals surface area contributed by atoms with Crippen LogP contribution in [0.5, 0.6) is 0 Å². The van der Waals surface area contributed by atoms with Gasteiger partial charge in [0.05, 0.1) is 5.56 Å². The van der Waals surface area contributed by atoms with Gasteiger partial charge in [0.1, 0.15) is 0 Å². The maximum absolute atomic E-state index is 11.6. The lowest BCUT2D eigenvalue weighted by Gasteiger charge is -2.33. The van der Waals surface area contributed by atoms with Gasteiger partial charge in [-0.1, -0.05) is 30.3 Å². The normalized spacial score (nSPS) is 15.3. The molecule has 5 heteroatoms. The molecule has 0 saturated carbocycles. The van der Waals surface area contributed by atoms with Gasteiger partial charge in [-0.2, -0.15) is 0 Å². The molecule has 1 N–H and O–H groups in total. The first kappa shape index (κ1) is 20.3. The molecule has 3 rings (SSSR count). The van der Waals surface area contributed by atoms with E-state index in [1.54, 1.807) is 6.07 Å². The fraction of sp³-hybridized carbons (Fsp3) is 0.381. The van der Waals surface area contributed by atoms with Gasteiger partial charge in [-0.05, 0) is 61.2 Å². The summed E-state index contributed by atoms with van der Waals surface area (Å²) in [7, 11) is 3.98. The van der Waals surface area contributed by atoms with Gasteiger partial charge in [0.2, 0.25) is 0 Å². The van der Waals surface area contributed by atoms with Crippen molar-refractivity contribution in [3.05, 3.63) is 65.2 Å². The van der Waals surface area contributed by atoms with Crippen LogP contribution < -0.4 is 4.90 Å². The molecule has 1 aliphatic rings. The number of piperidine rings is 1. The Morgan fingerprint density at radius 3 is 2.35 bits per heavy atom. The first-order valence-corrected chi connectivity index (χ1v) is 8.85. The van der Waals surface area contributed by atoms with Crippen molar-refractivity contribution < 1.29 is 9.90 Å². The number of carboxylic acid groups (broad SMARTS) is 1. The molecule has 0 spiro atoms. The summed E-state index contributed by atoms with van der Waals surface area (Å²) in [6.07, 6.45) is 2.01. The van der Waals surface area contributed by atoms with Gasteiger partial charge in [-0.25, -0.2) is 4.79 Å². The molecular weight excluding hydrogens is 348 g/mol. The van der Waals surface area contributed by atoms with Crippen LogP contribution in [0.25, 0.3) is 0 Å². The number of anilines is 1. The van der Waals surface area contributed by atoms with Gasteiger partial charge in [0.15, 0.2) is 0 Å². The second-order valence-corrected chi connectivity index (χ2v) is 7.01. The maximum atomic E-state index is 11.6. The van der Waals surface area contributed by atoms with Gasteiger partial charge in [0, 0.05) is 26.3 Å². The third-order valence-electron chi connectivity index (χ3n) is 5.06. The zero-order valence-electron chi connectivity index (χ0n) is 15.4. The fourth-order valence-electron chi connectivity index (χ4n) is 3.60. The van der Waals surface area contributed by atoms with Crippen LogP contribution >= 0.6 is 12.4 Å². The van der Waals surface area contributed by atoms with E-state index in [0.29, 0.717) is 11.5 Å². The third kappa shape index (κ3) is 4.77. The van der Waals surface area contributed by atoms with E-state index in [2.05, 4.69) is 35.2 Å². The summed E-state index contributed by atoms with van der Waals surface area (Å²) in [5, 5.41) is 9.55. The smallest absolute Gasteiger partial charge is 0.335 e. The number of carboxylic acids is 1. The van der Waals surface area contributed by atoms with E-state index < -0.39 is 5.97 Å². The SMILES string of the molecule is CN(C)c1ccc(C(=O)O)c(C2CCN(Cc3ccccc3)CC2)c1.Cl. The van der Waals surface area contributed by atoms with Crippen molar-refractivity contribution in [3.8, 4) is 0 Å². The van der Waals surface area contributed by atoms with E-state index in [1.807, 2.05) is 31.1 Å². The van der Waals surface area contributed by atoms with Crippen LogP contribution in [0, 0.1) is 0 Å². The standard InChI is InChI=1S/C21H26N2O2.ClH/c1-22(2)18-8-9-19(21(24)25)20(14-18)17-10-12-23(13-11-17)15-16-6-4-3-5-7-16;/h3-9,14,17H,10-13,15H2,1-2H3,(H,24,25);1H. The second kappa shape index (κ2) is 9.06. The number of nitrogens with zero attached hydrogens (tertiary/aromatic N) is 2. The molecule has 1 saturated heterocycles. The summed E-state index contributed by atoms with van der Waals surface area (Å²) in [5.41, 5.74) is 3.83. The number of aromatic carboxylic acids is 1. The van der Waals surface area contributed by atoms with Crippen LogP contribution in [0.3, 0.4) is 0 Å². The van der Waals surface area contributed by atoms with Crippen molar-refractivity contribution in [1.82, 2.24) is 4.90 Å².